The summed E-state index contributed by atoms with van der Waals surface area (Å²) >= 11 is 0. The number of benzene rings is 1. The van der Waals surface area contributed by atoms with Crippen molar-refractivity contribution in [1.29, 1.82) is 0 Å². The Balaban J connectivity index is 2.03. The molecule has 7 heteroatoms. The fraction of sp³-hybridized carbons (Fsp3) is 0.462. The molecule has 2 rings (SSSR count). The monoisotopic (exact) mass is 280 g/mol. The van der Waals surface area contributed by atoms with Crippen molar-refractivity contribution in [2.24, 2.45) is 5.18 Å². The van der Waals surface area contributed by atoms with Crippen molar-refractivity contribution in [3.63, 3.8) is 0 Å². The Bertz CT molecular complexity index is 486. The van der Waals surface area contributed by atoms with E-state index in [2.05, 4.69) is 15.2 Å². The number of anilines is 1. The summed E-state index contributed by atoms with van der Waals surface area (Å²) in [6, 6.07) is 4.58. The zero-order valence-electron chi connectivity index (χ0n) is 11.1. The second-order valence-corrected chi connectivity index (χ2v) is 4.26. The lowest BCUT2D eigenvalue weighted by molar-refractivity contribution is -0.0818. The van der Waals surface area contributed by atoms with Gasteiger partial charge < -0.3 is 19.5 Å². The molecule has 1 atom stereocenters. The van der Waals surface area contributed by atoms with Crippen LogP contribution >= 0.6 is 0 Å². The number of nitrogens with one attached hydrogen (secondary N) is 1. The quantitative estimate of drug-likeness (QED) is 0.652. The molecule has 1 heterocycles. The van der Waals surface area contributed by atoms with Gasteiger partial charge in [-0.15, -0.1) is 4.91 Å². The first kappa shape index (κ1) is 14.4. The summed E-state index contributed by atoms with van der Waals surface area (Å²) in [6.45, 7) is 2.18. The lowest BCUT2D eigenvalue weighted by Crippen LogP contribution is -2.34. The van der Waals surface area contributed by atoms with Gasteiger partial charge in [-0.25, -0.2) is 4.79 Å². The topological polar surface area (TPSA) is 86.2 Å². The van der Waals surface area contributed by atoms with Crippen LogP contribution in [0, 0.1) is 4.91 Å². The summed E-state index contributed by atoms with van der Waals surface area (Å²) in [6.07, 6.45) is -0.0662. The summed E-state index contributed by atoms with van der Waals surface area (Å²) in [5, 5.41) is 5.99. The number of rotatable bonds is 5. The van der Waals surface area contributed by atoms with Crippen LogP contribution in [-0.4, -0.2) is 45.5 Å². The predicted octanol–water partition coefficient (Wildman–Crippen LogP) is 1.70. The number of nitroso groups, excluding NO2 is 1. The van der Waals surface area contributed by atoms with E-state index in [-0.39, 0.29) is 17.4 Å². The second kappa shape index (κ2) is 6.97. The van der Waals surface area contributed by atoms with Crippen LogP contribution in [0.25, 0.3) is 0 Å². The van der Waals surface area contributed by atoms with Gasteiger partial charge in [0.05, 0.1) is 44.3 Å². The van der Waals surface area contributed by atoms with E-state index in [9.17, 15) is 9.70 Å². The minimum atomic E-state index is -0.509. The first-order chi connectivity index (χ1) is 9.74. The van der Waals surface area contributed by atoms with E-state index >= 15 is 0 Å². The van der Waals surface area contributed by atoms with Crippen LogP contribution in [0.2, 0.25) is 0 Å². The molecule has 108 valence electrons. The molecule has 1 aliphatic heterocycles. The Morgan fingerprint density at radius 3 is 3.00 bits per heavy atom. The van der Waals surface area contributed by atoms with Gasteiger partial charge in [0.2, 0.25) is 0 Å². The average Bonchev–Trinajstić information content (AvgIpc) is 2.53. The standard InChI is InChI=1S/C13H16N2O5/c1-18-13(16)9-2-3-11(12(6-9)15-17)14-7-10-8-19-4-5-20-10/h2-3,6,10,14H,4-5,7-8H2,1H3/t10-/m1/s1. The predicted molar refractivity (Wildman–Crippen MR) is 72.3 cm³/mol. The van der Waals surface area contributed by atoms with E-state index in [0.717, 1.165) is 0 Å². The van der Waals surface area contributed by atoms with E-state index in [1.807, 2.05) is 0 Å². The molecule has 0 aliphatic carbocycles. The lowest BCUT2D eigenvalue weighted by atomic mass is 10.1. The third-order valence-electron chi connectivity index (χ3n) is 2.92. The van der Waals surface area contributed by atoms with Crippen molar-refractivity contribution >= 4 is 17.3 Å². The average molecular weight is 280 g/mol. The molecule has 1 fully saturated rings. The number of esters is 1. The third-order valence-corrected chi connectivity index (χ3v) is 2.92. The van der Waals surface area contributed by atoms with E-state index < -0.39 is 5.97 Å². The number of ether oxygens (including phenoxy) is 3. The van der Waals surface area contributed by atoms with Crippen molar-refractivity contribution in [3.05, 3.63) is 28.7 Å². The van der Waals surface area contributed by atoms with E-state index in [1.165, 1.54) is 13.2 Å². The SMILES string of the molecule is COC(=O)c1ccc(NC[C@@H]2COCCO2)c(N=O)c1. The highest BCUT2D eigenvalue weighted by Crippen LogP contribution is 2.26. The molecule has 0 aromatic heterocycles. The first-order valence-electron chi connectivity index (χ1n) is 6.23. The molecule has 1 aromatic carbocycles. The zero-order chi connectivity index (χ0) is 14.4. The van der Waals surface area contributed by atoms with Gasteiger partial charge in [0, 0.05) is 6.54 Å². The van der Waals surface area contributed by atoms with Gasteiger partial charge in [-0.05, 0) is 23.4 Å². The van der Waals surface area contributed by atoms with Crippen molar-refractivity contribution in [3.8, 4) is 0 Å². The number of methoxy groups -OCH3 is 1. The highest BCUT2D eigenvalue weighted by atomic mass is 16.6. The van der Waals surface area contributed by atoms with Crippen LogP contribution in [0.15, 0.2) is 23.4 Å². The fourth-order valence-electron chi connectivity index (χ4n) is 1.88. The molecule has 0 radical (unpaired) electrons. The molecule has 20 heavy (non-hydrogen) atoms. The maximum Gasteiger partial charge on any atom is 0.337 e. The summed E-state index contributed by atoms with van der Waals surface area (Å²) in [5.41, 5.74) is 0.983. The smallest absolute Gasteiger partial charge is 0.337 e. The van der Waals surface area contributed by atoms with Gasteiger partial charge in [-0.3, -0.25) is 0 Å². The van der Waals surface area contributed by atoms with Crippen LogP contribution in [0.3, 0.4) is 0 Å². The molecule has 0 bridgehead atoms. The van der Waals surface area contributed by atoms with E-state index in [1.54, 1.807) is 12.1 Å². The molecular weight excluding hydrogens is 264 g/mol. The van der Waals surface area contributed by atoms with Crippen molar-refractivity contribution < 1.29 is 19.0 Å². The third kappa shape index (κ3) is 3.52. The molecule has 0 saturated carbocycles. The maximum atomic E-state index is 11.4. The van der Waals surface area contributed by atoms with Crippen LogP contribution in [0.4, 0.5) is 11.4 Å². The second-order valence-electron chi connectivity index (χ2n) is 4.26. The Morgan fingerprint density at radius 2 is 2.35 bits per heavy atom. The van der Waals surface area contributed by atoms with Gasteiger partial charge in [0.25, 0.3) is 0 Å². The maximum absolute atomic E-state index is 11.4. The number of hydrogen-bond donors (Lipinski definition) is 1. The van der Waals surface area contributed by atoms with E-state index in [4.69, 9.17) is 9.47 Å². The molecule has 0 unspecified atom stereocenters. The van der Waals surface area contributed by atoms with Gasteiger partial charge >= 0.3 is 5.97 Å². The molecule has 1 N–H and O–H groups in total. The summed E-state index contributed by atoms with van der Waals surface area (Å²) in [5.74, 6) is -0.509. The molecule has 1 aromatic rings. The zero-order valence-corrected chi connectivity index (χ0v) is 11.1. The van der Waals surface area contributed by atoms with Crippen molar-refractivity contribution in [1.82, 2.24) is 0 Å². The van der Waals surface area contributed by atoms with Gasteiger partial charge in [-0.2, -0.15) is 0 Å². The van der Waals surface area contributed by atoms with Gasteiger partial charge in [0.1, 0.15) is 5.69 Å². The number of carbonyl (C=O) groups is 1. The fourth-order valence-corrected chi connectivity index (χ4v) is 1.88. The van der Waals surface area contributed by atoms with Crippen molar-refractivity contribution in [2.75, 3.05) is 38.8 Å². The Kier molecular flexibility index (Phi) is 5.03. The summed E-state index contributed by atoms with van der Waals surface area (Å²) in [4.78, 5) is 22.2. The number of nitrogens with zero attached hydrogens (tertiary/aromatic N) is 1. The van der Waals surface area contributed by atoms with E-state index in [0.29, 0.717) is 32.1 Å². The Hall–Kier alpha value is -1.99. The molecular formula is C13H16N2O5. The highest BCUT2D eigenvalue weighted by Gasteiger charge is 2.15. The minimum Gasteiger partial charge on any atom is -0.465 e. The Morgan fingerprint density at radius 1 is 1.50 bits per heavy atom. The molecule has 0 spiro atoms. The molecule has 7 nitrogen and oxygen atoms in total. The minimum absolute atomic E-state index is 0.0662. The largest absolute Gasteiger partial charge is 0.465 e. The van der Waals surface area contributed by atoms with Crippen molar-refractivity contribution in [2.45, 2.75) is 6.10 Å². The Labute approximate surface area is 116 Å². The highest BCUT2D eigenvalue weighted by molar-refractivity contribution is 5.91. The molecule has 0 amide bonds. The van der Waals surface area contributed by atoms with Gasteiger partial charge in [0.15, 0.2) is 0 Å². The van der Waals surface area contributed by atoms with Crippen LogP contribution < -0.4 is 5.32 Å². The first-order valence-corrected chi connectivity index (χ1v) is 6.23. The van der Waals surface area contributed by atoms with Crippen LogP contribution in [0.5, 0.6) is 0 Å². The van der Waals surface area contributed by atoms with Gasteiger partial charge in [-0.1, -0.05) is 0 Å². The van der Waals surface area contributed by atoms with Crippen LogP contribution in [0.1, 0.15) is 10.4 Å². The summed E-state index contributed by atoms with van der Waals surface area (Å²) < 4.78 is 15.4. The number of carbonyl (C=O) groups excluding carboxylic acids is 1. The molecule has 1 saturated heterocycles. The summed E-state index contributed by atoms with van der Waals surface area (Å²) in [7, 11) is 1.28. The normalized spacial score (nSPS) is 18.4. The lowest BCUT2D eigenvalue weighted by Gasteiger charge is -2.23. The molecule has 1 aliphatic rings. The van der Waals surface area contributed by atoms with Crippen LogP contribution in [-0.2, 0) is 14.2 Å². The number of hydrogen-bond acceptors (Lipinski definition) is 7.